The third kappa shape index (κ3) is 3.89. The van der Waals surface area contributed by atoms with Crippen LogP contribution in [0, 0.1) is 6.92 Å². The van der Waals surface area contributed by atoms with Crippen molar-refractivity contribution in [3.8, 4) is 17.0 Å². The van der Waals surface area contributed by atoms with Crippen LogP contribution in [0.5, 0.6) is 5.75 Å². The predicted octanol–water partition coefficient (Wildman–Crippen LogP) is 4.42. The highest BCUT2D eigenvalue weighted by molar-refractivity contribution is 5.88. The highest BCUT2D eigenvalue weighted by atomic mass is 16.5. The summed E-state index contributed by atoms with van der Waals surface area (Å²) < 4.78 is 7.24. The lowest BCUT2D eigenvalue weighted by Crippen LogP contribution is -2.06. The van der Waals surface area contributed by atoms with E-state index in [4.69, 9.17) is 9.84 Å². The standard InChI is InChI=1S/C22H21N5O2/c1-14-12-21(25-17-10-8-16(9-11-17)24-15(2)28)27-22(23-14)13-19(26-27)18-6-4-5-7-20(18)29-3/h4-13,25H,1-3H3,(H,24,28). The molecule has 0 saturated heterocycles. The van der Waals surface area contributed by atoms with Crippen LogP contribution < -0.4 is 15.4 Å². The van der Waals surface area contributed by atoms with Crippen LogP contribution in [0.2, 0.25) is 0 Å². The van der Waals surface area contributed by atoms with Crippen LogP contribution in [0.3, 0.4) is 0 Å². The normalized spacial score (nSPS) is 10.7. The Bertz CT molecular complexity index is 1180. The number of anilines is 3. The molecule has 0 aliphatic rings. The van der Waals surface area contributed by atoms with Crippen molar-refractivity contribution in [2.24, 2.45) is 0 Å². The molecule has 1 amide bonds. The number of para-hydroxylation sites is 1. The van der Waals surface area contributed by atoms with Crippen LogP contribution in [0.25, 0.3) is 16.9 Å². The molecule has 2 N–H and O–H groups in total. The summed E-state index contributed by atoms with van der Waals surface area (Å²) in [6, 6.07) is 19.1. The van der Waals surface area contributed by atoms with Gasteiger partial charge in [-0.15, -0.1) is 0 Å². The quantitative estimate of drug-likeness (QED) is 0.530. The van der Waals surface area contributed by atoms with Crippen molar-refractivity contribution in [3.63, 3.8) is 0 Å². The van der Waals surface area contributed by atoms with E-state index >= 15 is 0 Å². The fraction of sp³-hybridized carbons (Fsp3) is 0.136. The number of nitrogens with zero attached hydrogens (tertiary/aromatic N) is 3. The van der Waals surface area contributed by atoms with E-state index < -0.39 is 0 Å². The first-order chi connectivity index (χ1) is 14.0. The van der Waals surface area contributed by atoms with Gasteiger partial charge in [-0.1, -0.05) is 12.1 Å². The van der Waals surface area contributed by atoms with Crippen molar-refractivity contribution >= 4 is 28.7 Å². The van der Waals surface area contributed by atoms with Crippen molar-refractivity contribution in [1.29, 1.82) is 0 Å². The maximum Gasteiger partial charge on any atom is 0.221 e. The van der Waals surface area contributed by atoms with Crippen molar-refractivity contribution in [2.45, 2.75) is 13.8 Å². The molecule has 0 bridgehead atoms. The average molecular weight is 387 g/mol. The summed E-state index contributed by atoms with van der Waals surface area (Å²) in [6.45, 7) is 3.43. The SMILES string of the molecule is COc1ccccc1-c1cc2nc(C)cc(Nc3ccc(NC(C)=O)cc3)n2n1. The summed E-state index contributed by atoms with van der Waals surface area (Å²) in [6.07, 6.45) is 0. The zero-order valence-electron chi connectivity index (χ0n) is 16.4. The van der Waals surface area contributed by atoms with E-state index in [0.717, 1.165) is 45.5 Å². The number of carbonyl (C=O) groups excluding carboxylic acids is 1. The predicted molar refractivity (Wildman–Crippen MR) is 114 cm³/mol. The Morgan fingerprint density at radius 2 is 1.76 bits per heavy atom. The summed E-state index contributed by atoms with van der Waals surface area (Å²) in [5.74, 6) is 1.45. The first kappa shape index (κ1) is 18.5. The number of aromatic nitrogens is 3. The van der Waals surface area contributed by atoms with E-state index in [1.165, 1.54) is 6.92 Å². The van der Waals surface area contributed by atoms with Gasteiger partial charge < -0.3 is 15.4 Å². The van der Waals surface area contributed by atoms with Crippen LogP contribution in [0.15, 0.2) is 60.7 Å². The van der Waals surface area contributed by atoms with Gasteiger partial charge >= 0.3 is 0 Å². The van der Waals surface area contributed by atoms with E-state index in [1.54, 1.807) is 11.6 Å². The molecule has 2 aromatic heterocycles. The van der Waals surface area contributed by atoms with Crippen molar-refractivity contribution in [1.82, 2.24) is 14.6 Å². The Morgan fingerprint density at radius 3 is 2.48 bits per heavy atom. The second-order valence-corrected chi connectivity index (χ2v) is 6.67. The van der Waals surface area contributed by atoms with Gasteiger partial charge in [-0.05, 0) is 43.3 Å². The zero-order valence-corrected chi connectivity index (χ0v) is 16.4. The molecule has 0 aliphatic carbocycles. The second kappa shape index (κ2) is 7.63. The molecule has 0 unspecified atom stereocenters. The van der Waals surface area contributed by atoms with Gasteiger partial charge in [0.1, 0.15) is 11.6 Å². The lowest BCUT2D eigenvalue weighted by molar-refractivity contribution is -0.114. The Hall–Kier alpha value is -3.87. The lowest BCUT2D eigenvalue weighted by atomic mass is 10.1. The van der Waals surface area contributed by atoms with Gasteiger partial charge in [-0.25, -0.2) is 4.98 Å². The van der Waals surface area contributed by atoms with Gasteiger partial charge in [0.15, 0.2) is 5.65 Å². The lowest BCUT2D eigenvalue weighted by Gasteiger charge is -2.10. The number of methoxy groups -OCH3 is 1. The number of hydrogen-bond acceptors (Lipinski definition) is 5. The molecular formula is C22H21N5O2. The van der Waals surface area contributed by atoms with Gasteiger partial charge in [0.25, 0.3) is 0 Å². The summed E-state index contributed by atoms with van der Waals surface area (Å²) in [5.41, 5.74) is 4.93. The van der Waals surface area contributed by atoms with Crippen LogP contribution >= 0.6 is 0 Å². The monoisotopic (exact) mass is 387 g/mol. The molecule has 4 aromatic rings. The molecule has 0 saturated carbocycles. The van der Waals surface area contributed by atoms with Gasteiger partial charge in [0.2, 0.25) is 5.91 Å². The molecule has 2 aromatic carbocycles. The first-order valence-electron chi connectivity index (χ1n) is 9.19. The maximum atomic E-state index is 11.2. The smallest absolute Gasteiger partial charge is 0.221 e. The number of benzene rings is 2. The van der Waals surface area contributed by atoms with E-state index in [1.807, 2.05) is 67.6 Å². The molecule has 0 spiro atoms. The first-order valence-corrected chi connectivity index (χ1v) is 9.19. The molecule has 7 heteroatoms. The molecule has 0 aliphatic heterocycles. The van der Waals surface area contributed by atoms with E-state index in [9.17, 15) is 4.79 Å². The van der Waals surface area contributed by atoms with Crippen molar-refractivity contribution in [2.75, 3.05) is 17.7 Å². The Balaban J connectivity index is 1.71. The average Bonchev–Trinajstić information content (AvgIpc) is 3.13. The highest BCUT2D eigenvalue weighted by Crippen LogP contribution is 2.30. The molecule has 29 heavy (non-hydrogen) atoms. The van der Waals surface area contributed by atoms with E-state index in [-0.39, 0.29) is 5.91 Å². The van der Waals surface area contributed by atoms with Crippen molar-refractivity contribution < 1.29 is 9.53 Å². The number of ether oxygens (including phenoxy) is 1. The Kier molecular flexibility index (Phi) is 4.87. The molecule has 0 atom stereocenters. The van der Waals surface area contributed by atoms with Crippen LogP contribution in [0.1, 0.15) is 12.6 Å². The van der Waals surface area contributed by atoms with E-state index in [2.05, 4.69) is 15.6 Å². The van der Waals surface area contributed by atoms with Gasteiger partial charge in [-0.2, -0.15) is 9.61 Å². The number of hydrogen-bond donors (Lipinski definition) is 2. The number of aryl methyl sites for hydroxylation is 1. The largest absolute Gasteiger partial charge is 0.496 e. The van der Waals surface area contributed by atoms with Gasteiger partial charge in [0, 0.05) is 41.7 Å². The number of carbonyl (C=O) groups is 1. The number of fused-ring (bicyclic) bond motifs is 1. The molecule has 4 rings (SSSR count). The number of nitrogens with one attached hydrogen (secondary N) is 2. The second-order valence-electron chi connectivity index (χ2n) is 6.67. The van der Waals surface area contributed by atoms with E-state index in [0.29, 0.717) is 0 Å². The number of rotatable bonds is 5. The third-order valence-corrected chi connectivity index (χ3v) is 4.42. The summed E-state index contributed by atoms with van der Waals surface area (Å²) in [7, 11) is 1.65. The molecule has 0 fully saturated rings. The number of amides is 1. The molecule has 2 heterocycles. The molecule has 0 radical (unpaired) electrons. The molecular weight excluding hydrogens is 366 g/mol. The fourth-order valence-electron chi connectivity index (χ4n) is 3.17. The maximum absolute atomic E-state index is 11.2. The molecule has 146 valence electrons. The Labute approximate surface area is 168 Å². The molecule has 7 nitrogen and oxygen atoms in total. The Morgan fingerprint density at radius 1 is 1.03 bits per heavy atom. The van der Waals surface area contributed by atoms with Gasteiger partial charge in [-0.3, -0.25) is 4.79 Å². The van der Waals surface area contributed by atoms with Crippen molar-refractivity contribution in [3.05, 3.63) is 66.4 Å². The minimum atomic E-state index is -0.0995. The van der Waals surface area contributed by atoms with Crippen LogP contribution in [-0.2, 0) is 4.79 Å². The van der Waals surface area contributed by atoms with Crippen LogP contribution in [-0.4, -0.2) is 27.6 Å². The summed E-state index contributed by atoms with van der Waals surface area (Å²) in [5, 5.41) is 10.9. The minimum absolute atomic E-state index is 0.0995. The summed E-state index contributed by atoms with van der Waals surface area (Å²) >= 11 is 0. The topological polar surface area (TPSA) is 80.5 Å². The minimum Gasteiger partial charge on any atom is -0.496 e. The third-order valence-electron chi connectivity index (χ3n) is 4.42. The summed E-state index contributed by atoms with van der Waals surface area (Å²) in [4.78, 5) is 15.8. The van der Waals surface area contributed by atoms with Gasteiger partial charge in [0.05, 0.1) is 12.8 Å². The van der Waals surface area contributed by atoms with Crippen LogP contribution in [0.4, 0.5) is 17.2 Å². The zero-order chi connectivity index (χ0) is 20.4. The highest BCUT2D eigenvalue weighted by Gasteiger charge is 2.13. The fourth-order valence-corrected chi connectivity index (χ4v) is 3.17.